The van der Waals surface area contributed by atoms with E-state index >= 15 is 0 Å². The summed E-state index contributed by atoms with van der Waals surface area (Å²) in [5, 5.41) is 5.97. The summed E-state index contributed by atoms with van der Waals surface area (Å²) in [4.78, 5) is 23.1. The molecule has 2 N–H and O–H groups in total. The number of hydrogen-bond donors (Lipinski definition) is 2. The molecule has 0 saturated heterocycles. The van der Waals surface area contributed by atoms with E-state index in [0.29, 0.717) is 12.1 Å². The Labute approximate surface area is 101 Å². The standard InChI is InChI=1S/C12H19N3O2/c1-4-13-9(2)8-14-12(17)10-5-6-15(3)11(16)7-10/h5-7,9,13H,4,8H2,1-3H3,(H,14,17)/t9-/m1/s1. The second kappa shape index (κ2) is 6.20. The highest BCUT2D eigenvalue weighted by Crippen LogP contribution is 1.94. The van der Waals surface area contributed by atoms with Crippen molar-refractivity contribution in [3.63, 3.8) is 0 Å². The quantitative estimate of drug-likeness (QED) is 0.764. The Hall–Kier alpha value is -1.62. The molecule has 0 radical (unpaired) electrons. The molecule has 1 aromatic rings. The summed E-state index contributed by atoms with van der Waals surface area (Å²) >= 11 is 0. The Kier molecular flexibility index (Phi) is 4.90. The van der Waals surface area contributed by atoms with E-state index in [1.54, 1.807) is 19.3 Å². The summed E-state index contributed by atoms with van der Waals surface area (Å²) in [6.07, 6.45) is 1.59. The van der Waals surface area contributed by atoms with Gasteiger partial charge in [-0.2, -0.15) is 0 Å². The van der Waals surface area contributed by atoms with E-state index in [0.717, 1.165) is 6.54 Å². The number of likely N-dealkylation sites (N-methyl/N-ethyl adjacent to an activating group) is 1. The van der Waals surface area contributed by atoms with Crippen LogP contribution in [0.2, 0.25) is 0 Å². The van der Waals surface area contributed by atoms with E-state index in [-0.39, 0.29) is 17.5 Å². The Morgan fingerprint density at radius 2 is 2.24 bits per heavy atom. The molecule has 1 aromatic heterocycles. The smallest absolute Gasteiger partial charge is 0.251 e. The second-order valence-corrected chi connectivity index (χ2v) is 4.03. The van der Waals surface area contributed by atoms with Crippen molar-refractivity contribution >= 4 is 5.91 Å². The van der Waals surface area contributed by atoms with Crippen LogP contribution in [0.3, 0.4) is 0 Å². The van der Waals surface area contributed by atoms with Crippen LogP contribution in [0, 0.1) is 0 Å². The number of hydrogen-bond acceptors (Lipinski definition) is 3. The van der Waals surface area contributed by atoms with Gasteiger partial charge >= 0.3 is 0 Å². The number of aryl methyl sites for hydroxylation is 1. The zero-order valence-corrected chi connectivity index (χ0v) is 10.5. The van der Waals surface area contributed by atoms with Crippen LogP contribution in [0.1, 0.15) is 24.2 Å². The first-order valence-corrected chi connectivity index (χ1v) is 5.73. The van der Waals surface area contributed by atoms with Crippen molar-refractivity contribution in [2.45, 2.75) is 19.9 Å². The van der Waals surface area contributed by atoms with Crippen LogP contribution in [0.15, 0.2) is 23.1 Å². The van der Waals surface area contributed by atoms with Crippen molar-refractivity contribution in [2.24, 2.45) is 7.05 Å². The van der Waals surface area contributed by atoms with E-state index in [4.69, 9.17) is 0 Å². The Bertz CT molecular complexity index is 440. The maximum absolute atomic E-state index is 11.7. The second-order valence-electron chi connectivity index (χ2n) is 4.03. The highest BCUT2D eigenvalue weighted by Gasteiger charge is 2.07. The molecule has 0 aliphatic carbocycles. The fourth-order valence-electron chi connectivity index (χ4n) is 1.46. The lowest BCUT2D eigenvalue weighted by molar-refractivity contribution is 0.0950. The van der Waals surface area contributed by atoms with Crippen LogP contribution >= 0.6 is 0 Å². The molecule has 1 rings (SSSR count). The Morgan fingerprint density at radius 1 is 1.53 bits per heavy atom. The van der Waals surface area contributed by atoms with Gasteiger partial charge in [0, 0.05) is 37.5 Å². The van der Waals surface area contributed by atoms with Gasteiger partial charge in [-0.1, -0.05) is 6.92 Å². The summed E-state index contributed by atoms with van der Waals surface area (Å²) in [5.41, 5.74) is 0.217. The van der Waals surface area contributed by atoms with E-state index in [9.17, 15) is 9.59 Å². The third-order valence-electron chi connectivity index (χ3n) is 2.49. The van der Waals surface area contributed by atoms with Gasteiger partial charge in [-0.3, -0.25) is 9.59 Å². The van der Waals surface area contributed by atoms with Crippen molar-refractivity contribution in [1.82, 2.24) is 15.2 Å². The molecule has 0 aliphatic heterocycles. The van der Waals surface area contributed by atoms with E-state index in [2.05, 4.69) is 10.6 Å². The molecule has 5 nitrogen and oxygen atoms in total. The molecule has 1 amide bonds. The number of carbonyl (C=O) groups excluding carboxylic acids is 1. The number of rotatable bonds is 5. The number of aromatic nitrogens is 1. The minimum atomic E-state index is -0.215. The molecule has 0 spiro atoms. The zero-order valence-electron chi connectivity index (χ0n) is 10.5. The monoisotopic (exact) mass is 237 g/mol. The lowest BCUT2D eigenvalue weighted by atomic mass is 10.2. The minimum Gasteiger partial charge on any atom is -0.350 e. The summed E-state index contributed by atoms with van der Waals surface area (Å²) < 4.78 is 1.43. The van der Waals surface area contributed by atoms with Crippen molar-refractivity contribution in [3.8, 4) is 0 Å². The largest absolute Gasteiger partial charge is 0.350 e. The van der Waals surface area contributed by atoms with E-state index < -0.39 is 0 Å². The number of nitrogens with zero attached hydrogens (tertiary/aromatic N) is 1. The third kappa shape index (κ3) is 4.03. The molecule has 0 fully saturated rings. The van der Waals surface area contributed by atoms with Crippen LogP contribution in [-0.4, -0.2) is 29.6 Å². The van der Waals surface area contributed by atoms with Crippen molar-refractivity contribution in [3.05, 3.63) is 34.2 Å². The molecule has 94 valence electrons. The normalized spacial score (nSPS) is 12.2. The zero-order chi connectivity index (χ0) is 12.8. The maximum atomic E-state index is 11.7. The van der Waals surface area contributed by atoms with Crippen LogP contribution in [0.5, 0.6) is 0 Å². The highest BCUT2D eigenvalue weighted by atomic mass is 16.2. The molecule has 0 aliphatic rings. The third-order valence-corrected chi connectivity index (χ3v) is 2.49. The van der Waals surface area contributed by atoms with Crippen LogP contribution in [0.4, 0.5) is 0 Å². The first-order chi connectivity index (χ1) is 8.04. The van der Waals surface area contributed by atoms with E-state index in [1.165, 1.54) is 10.6 Å². The predicted molar refractivity (Wildman–Crippen MR) is 67.2 cm³/mol. The van der Waals surface area contributed by atoms with Gasteiger partial charge in [0.15, 0.2) is 0 Å². The molecule has 5 heteroatoms. The number of pyridine rings is 1. The van der Waals surface area contributed by atoms with Gasteiger partial charge in [-0.25, -0.2) is 0 Å². The molecular formula is C12H19N3O2. The van der Waals surface area contributed by atoms with Gasteiger partial charge in [-0.05, 0) is 19.5 Å². The topological polar surface area (TPSA) is 63.1 Å². The van der Waals surface area contributed by atoms with Gasteiger partial charge in [0.2, 0.25) is 0 Å². The molecule has 0 saturated carbocycles. The van der Waals surface area contributed by atoms with Gasteiger partial charge in [0.05, 0.1) is 0 Å². The van der Waals surface area contributed by atoms with Crippen LogP contribution in [-0.2, 0) is 7.05 Å². The van der Waals surface area contributed by atoms with Gasteiger partial charge in [-0.15, -0.1) is 0 Å². The average molecular weight is 237 g/mol. The highest BCUT2D eigenvalue weighted by molar-refractivity contribution is 5.93. The molecule has 1 heterocycles. The summed E-state index contributed by atoms with van der Waals surface area (Å²) in [6.45, 7) is 5.41. The number of nitrogens with one attached hydrogen (secondary N) is 2. The summed E-state index contributed by atoms with van der Waals surface area (Å²) in [5.74, 6) is -0.215. The first-order valence-electron chi connectivity index (χ1n) is 5.73. The van der Waals surface area contributed by atoms with Crippen molar-refractivity contribution in [1.29, 1.82) is 0 Å². The van der Waals surface area contributed by atoms with Crippen LogP contribution in [0.25, 0.3) is 0 Å². The van der Waals surface area contributed by atoms with Gasteiger partial charge < -0.3 is 15.2 Å². The Morgan fingerprint density at radius 3 is 2.82 bits per heavy atom. The van der Waals surface area contributed by atoms with E-state index in [1.807, 2.05) is 13.8 Å². The predicted octanol–water partition coefficient (Wildman–Crippen LogP) is 0.113. The van der Waals surface area contributed by atoms with Crippen LogP contribution < -0.4 is 16.2 Å². The molecule has 0 unspecified atom stereocenters. The molecule has 0 bridgehead atoms. The first kappa shape index (κ1) is 13.4. The average Bonchev–Trinajstić information content (AvgIpc) is 2.30. The number of amides is 1. The summed E-state index contributed by atoms with van der Waals surface area (Å²) in [6, 6.07) is 3.19. The Balaban J connectivity index is 2.58. The van der Waals surface area contributed by atoms with Crippen molar-refractivity contribution < 1.29 is 4.79 Å². The lowest BCUT2D eigenvalue weighted by Crippen LogP contribution is -2.39. The fourth-order valence-corrected chi connectivity index (χ4v) is 1.46. The lowest BCUT2D eigenvalue weighted by Gasteiger charge is -2.13. The van der Waals surface area contributed by atoms with Gasteiger partial charge in [0.25, 0.3) is 11.5 Å². The molecule has 1 atom stereocenters. The van der Waals surface area contributed by atoms with Gasteiger partial charge in [0.1, 0.15) is 0 Å². The van der Waals surface area contributed by atoms with Crippen molar-refractivity contribution in [2.75, 3.05) is 13.1 Å². The summed E-state index contributed by atoms with van der Waals surface area (Å²) in [7, 11) is 1.65. The maximum Gasteiger partial charge on any atom is 0.251 e. The fraction of sp³-hybridized carbons (Fsp3) is 0.500. The SMILES string of the molecule is CCN[C@H](C)CNC(=O)c1ccn(C)c(=O)c1. The number of carbonyl (C=O) groups is 1. The minimum absolute atomic E-state index is 0.183. The molecule has 17 heavy (non-hydrogen) atoms. The molecular weight excluding hydrogens is 218 g/mol. The molecule has 0 aromatic carbocycles.